The average Bonchev–Trinajstić information content (AvgIpc) is 3.22. The van der Waals surface area contributed by atoms with Gasteiger partial charge < -0.3 is 9.15 Å². The van der Waals surface area contributed by atoms with E-state index in [1.54, 1.807) is 6.07 Å². The number of likely N-dealkylation sites (tertiary alicyclic amines) is 1. The smallest absolute Gasteiger partial charge is 0.470 e. The van der Waals surface area contributed by atoms with Gasteiger partial charge in [-0.15, -0.1) is 15.3 Å². The second kappa shape index (κ2) is 7.41. The van der Waals surface area contributed by atoms with Crippen molar-refractivity contribution in [2.45, 2.75) is 45.3 Å². The molecule has 0 N–H and O–H groups in total. The minimum atomic E-state index is -4.61. The van der Waals surface area contributed by atoms with Crippen LogP contribution in [-0.2, 0) is 18.1 Å². The molecule has 7 nitrogen and oxygen atoms in total. The zero-order valence-corrected chi connectivity index (χ0v) is 15.5. The molecule has 0 spiro atoms. The van der Waals surface area contributed by atoms with Gasteiger partial charge in [-0.05, 0) is 19.0 Å². The highest BCUT2D eigenvalue weighted by atomic mass is 19.4. The Bertz CT molecular complexity index is 755. The molecule has 148 valence electrons. The highest BCUT2D eigenvalue weighted by Gasteiger charge is 2.38. The van der Waals surface area contributed by atoms with Gasteiger partial charge in [0.1, 0.15) is 0 Å². The third-order valence-corrected chi connectivity index (χ3v) is 4.31. The molecule has 1 fully saturated rings. The van der Waals surface area contributed by atoms with E-state index in [0.717, 1.165) is 18.7 Å². The Morgan fingerprint density at radius 1 is 1.15 bits per heavy atom. The minimum Gasteiger partial charge on any atom is -0.476 e. The molecule has 1 unspecified atom stereocenters. The van der Waals surface area contributed by atoms with E-state index in [1.807, 2.05) is 11.0 Å². The minimum absolute atomic E-state index is 0.0347. The van der Waals surface area contributed by atoms with Crippen LogP contribution in [-0.4, -0.2) is 45.0 Å². The Balaban J connectivity index is 1.46. The zero-order chi connectivity index (χ0) is 19.7. The molecule has 10 heteroatoms. The van der Waals surface area contributed by atoms with Crippen LogP contribution in [0.1, 0.15) is 44.7 Å². The molecule has 0 amide bonds. The van der Waals surface area contributed by atoms with Crippen LogP contribution >= 0.6 is 0 Å². The number of alkyl halides is 3. The maximum absolute atomic E-state index is 12.5. The Hall–Kier alpha value is -2.23. The molecular weight excluding hydrogens is 363 g/mol. The lowest BCUT2D eigenvalue weighted by Gasteiger charge is -2.17. The number of hydrogen-bond acceptors (Lipinski definition) is 7. The number of ether oxygens (including phenoxy) is 1. The highest BCUT2D eigenvalue weighted by molar-refractivity contribution is 5.16. The summed E-state index contributed by atoms with van der Waals surface area (Å²) in [5.41, 5.74) is 0.817. The van der Waals surface area contributed by atoms with E-state index in [4.69, 9.17) is 4.74 Å². The van der Waals surface area contributed by atoms with Crippen LogP contribution < -0.4 is 4.74 Å². The molecule has 1 aliphatic rings. The fraction of sp³-hybridized carbons (Fsp3) is 0.647. The Labute approximate surface area is 154 Å². The van der Waals surface area contributed by atoms with Crippen molar-refractivity contribution in [2.24, 2.45) is 5.92 Å². The van der Waals surface area contributed by atoms with E-state index in [1.165, 1.54) is 0 Å². The monoisotopic (exact) mass is 385 g/mol. The van der Waals surface area contributed by atoms with Crippen LogP contribution in [0.4, 0.5) is 13.2 Å². The van der Waals surface area contributed by atoms with Crippen molar-refractivity contribution in [2.75, 3.05) is 19.7 Å². The van der Waals surface area contributed by atoms with Gasteiger partial charge in [0.25, 0.3) is 0 Å². The summed E-state index contributed by atoms with van der Waals surface area (Å²) in [6.45, 7) is 8.25. The van der Waals surface area contributed by atoms with Gasteiger partial charge in [0, 0.05) is 23.9 Å². The Morgan fingerprint density at radius 2 is 1.93 bits per heavy atom. The number of nitrogens with zero attached hydrogens (tertiary/aromatic N) is 5. The summed E-state index contributed by atoms with van der Waals surface area (Å²) in [5, 5.41) is 14.8. The normalized spacial score (nSPS) is 18.8. The summed E-state index contributed by atoms with van der Waals surface area (Å²) < 4.78 is 47.9. The first kappa shape index (κ1) is 19.5. The first-order valence-electron chi connectivity index (χ1n) is 8.70. The Kier molecular flexibility index (Phi) is 5.36. The van der Waals surface area contributed by atoms with Crippen LogP contribution in [0.15, 0.2) is 16.5 Å². The molecular formula is C17H22F3N5O2. The Morgan fingerprint density at radius 3 is 2.52 bits per heavy atom. The van der Waals surface area contributed by atoms with Crippen LogP contribution in [0.5, 0.6) is 5.88 Å². The molecule has 0 bridgehead atoms. The van der Waals surface area contributed by atoms with E-state index >= 15 is 0 Å². The molecule has 3 heterocycles. The average molecular weight is 385 g/mol. The molecule has 1 aliphatic heterocycles. The summed E-state index contributed by atoms with van der Waals surface area (Å²) in [7, 11) is 0. The largest absolute Gasteiger partial charge is 0.476 e. The van der Waals surface area contributed by atoms with E-state index in [0.29, 0.717) is 19.0 Å². The van der Waals surface area contributed by atoms with E-state index in [2.05, 4.69) is 45.6 Å². The van der Waals surface area contributed by atoms with Gasteiger partial charge in [-0.25, -0.2) is 0 Å². The lowest BCUT2D eigenvalue weighted by atomic mass is 9.92. The van der Waals surface area contributed by atoms with E-state index in [9.17, 15) is 13.2 Å². The van der Waals surface area contributed by atoms with Gasteiger partial charge in [-0.1, -0.05) is 20.8 Å². The van der Waals surface area contributed by atoms with E-state index in [-0.39, 0.29) is 23.8 Å². The summed E-state index contributed by atoms with van der Waals surface area (Å²) in [6, 6.07) is 3.70. The summed E-state index contributed by atoms with van der Waals surface area (Å²) in [4.78, 5) is 1.97. The lowest BCUT2D eigenvalue weighted by Crippen LogP contribution is -2.22. The molecule has 1 saturated heterocycles. The molecule has 3 rings (SSSR count). The van der Waals surface area contributed by atoms with Crippen molar-refractivity contribution in [3.63, 3.8) is 0 Å². The van der Waals surface area contributed by atoms with Crippen LogP contribution in [0.2, 0.25) is 0 Å². The summed E-state index contributed by atoms with van der Waals surface area (Å²) >= 11 is 0. The van der Waals surface area contributed by atoms with Gasteiger partial charge in [0.05, 0.1) is 18.8 Å². The van der Waals surface area contributed by atoms with Crippen LogP contribution in [0.25, 0.3) is 0 Å². The fourth-order valence-electron chi connectivity index (χ4n) is 2.82. The van der Waals surface area contributed by atoms with Crippen molar-refractivity contribution >= 4 is 0 Å². The summed E-state index contributed by atoms with van der Waals surface area (Å²) in [5.74, 6) is -0.631. The van der Waals surface area contributed by atoms with Gasteiger partial charge in [-0.2, -0.15) is 18.3 Å². The number of aromatic nitrogens is 4. The molecule has 0 saturated carbocycles. The predicted molar refractivity (Wildman–Crippen MR) is 88.9 cm³/mol. The topological polar surface area (TPSA) is 77.2 Å². The van der Waals surface area contributed by atoms with Crippen molar-refractivity contribution in [3.05, 3.63) is 29.6 Å². The molecule has 0 aliphatic carbocycles. The first-order valence-corrected chi connectivity index (χ1v) is 8.70. The second-order valence-electron chi connectivity index (χ2n) is 7.71. The molecule has 0 radical (unpaired) electrons. The van der Waals surface area contributed by atoms with Gasteiger partial charge in [0.15, 0.2) is 0 Å². The van der Waals surface area contributed by atoms with Crippen molar-refractivity contribution < 1.29 is 22.3 Å². The number of hydrogen-bond donors (Lipinski definition) is 0. The maximum atomic E-state index is 12.5. The third-order valence-electron chi connectivity index (χ3n) is 4.31. The third kappa shape index (κ3) is 5.15. The highest BCUT2D eigenvalue weighted by Crippen LogP contribution is 2.28. The maximum Gasteiger partial charge on any atom is 0.470 e. The summed E-state index contributed by atoms with van der Waals surface area (Å²) in [6.07, 6.45) is -3.75. The van der Waals surface area contributed by atoms with Crippen LogP contribution in [0.3, 0.4) is 0 Å². The van der Waals surface area contributed by atoms with Crippen molar-refractivity contribution in [3.8, 4) is 5.88 Å². The van der Waals surface area contributed by atoms with Gasteiger partial charge in [-0.3, -0.25) is 4.90 Å². The molecule has 0 aromatic carbocycles. The van der Waals surface area contributed by atoms with Gasteiger partial charge in [0.2, 0.25) is 11.8 Å². The SMILES string of the molecule is CC(C)(C)c1ccc(OCC2CCN(Cc3nnc(C(F)(F)F)o3)C2)nn1. The molecule has 27 heavy (non-hydrogen) atoms. The fourth-order valence-corrected chi connectivity index (χ4v) is 2.82. The number of halogens is 3. The molecule has 1 atom stereocenters. The van der Waals surface area contributed by atoms with E-state index < -0.39 is 12.1 Å². The predicted octanol–water partition coefficient (Wildman–Crippen LogP) is 3.08. The molecule has 2 aromatic rings. The standard InChI is InChI=1S/C17H22F3N5O2/c1-16(2,3)12-4-5-13(22-21-12)26-10-11-6-7-25(8-11)9-14-23-24-15(27-14)17(18,19)20/h4-5,11H,6-10H2,1-3H3. The lowest BCUT2D eigenvalue weighted by molar-refractivity contribution is -0.157. The zero-order valence-electron chi connectivity index (χ0n) is 15.5. The quantitative estimate of drug-likeness (QED) is 0.783. The van der Waals surface area contributed by atoms with Crippen molar-refractivity contribution in [1.82, 2.24) is 25.3 Å². The van der Waals surface area contributed by atoms with Crippen LogP contribution in [0, 0.1) is 5.92 Å². The van der Waals surface area contributed by atoms with Gasteiger partial charge >= 0.3 is 12.1 Å². The number of rotatable bonds is 5. The first-order chi connectivity index (χ1) is 12.6. The molecule has 2 aromatic heterocycles. The van der Waals surface area contributed by atoms with Crippen molar-refractivity contribution in [1.29, 1.82) is 0 Å². The second-order valence-corrected chi connectivity index (χ2v) is 7.71.